The summed E-state index contributed by atoms with van der Waals surface area (Å²) in [5.74, 6) is 0. The standard InChI is InChI=1S/C13H10N2OS2/c1-15-12(16)9-7-8(11-3-2-6-18-11)4-5-10(9)14-13(15)17/h2-7H,1H3,(H,14,17). The highest BCUT2D eigenvalue weighted by molar-refractivity contribution is 7.71. The molecule has 0 saturated carbocycles. The van der Waals surface area contributed by atoms with E-state index in [0.717, 1.165) is 16.0 Å². The Hall–Kier alpha value is -1.72. The van der Waals surface area contributed by atoms with Gasteiger partial charge in [-0.25, -0.2) is 0 Å². The highest BCUT2D eigenvalue weighted by atomic mass is 32.1. The maximum absolute atomic E-state index is 12.2. The van der Waals surface area contributed by atoms with Crippen LogP contribution in [-0.4, -0.2) is 9.55 Å². The van der Waals surface area contributed by atoms with Crippen molar-refractivity contribution in [3.63, 3.8) is 0 Å². The van der Waals surface area contributed by atoms with Gasteiger partial charge in [0.1, 0.15) is 0 Å². The summed E-state index contributed by atoms with van der Waals surface area (Å²) in [5.41, 5.74) is 1.77. The van der Waals surface area contributed by atoms with E-state index in [4.69, 9.17) is 12.2 Å². The van der Waals surface area contributed by atoms with E-state index in [0.29, 0.717) is 10.2 Å². The van der Waals surface area contributed by atoms with E-state index in [9.17, 15) is 4.79 Å². The smallest absolute Gasteiger partial charge is 0.261 e. The Morgan fingerprint density at radius 2 is 2.17 bits per heavy atom. The number of thiophene rings is 1. The molecule has 0 atom stereocenters. The van der Waals surface area contributed by atoms with Crippen molar-refractivity contribution < 1.29 is 0 Å². The van der Waals surface area contributed by atoms with Crippen LogP contribution in [0.25, 0.3) is 21.3 Å². The fraction of sp³-hybridized carbons (Fsp3) is 0.0769. The molecule has 0 bridgehead atoms. The Morgan fingerprint density at radius 1 is 1.33 bits per heavy atom. The molecule has 0 radical (unpaired) electrons. The van der Waals surface area contributed by atoms with Crippen molar-refractivity contribution in [1.29, 1.82) is 0 Å². The Bertz CT molecular complexity index is 828. The number of fused-ring (bicyclic) bond motifs is 1. The Kier molecular flexibility index (Phi) is 2.65. The number of nitrogens with zero attached hydrogens (tertiary/aromatic N) is 1. The second kappa shape index (κ2) is 4.19. The monoisotopic (exact) mass is 274 g/mol. The number of benzene rings is 1. The third-order valence-electron chi connectivity index (χ3n) is 2.91. The van der Waals surface area contributed by atoms with Gasteiger partial charge >= 0.3 is 0 Å². The number of aromatic amines is 1. The van der Waals surface area contributed by atoms with E-state index in [1.807, 2.05) is 35.7 Å². The quantitative estimate of drug-likeness (QED) is 0.691. The molecule has 0 unspecified atom stereocenters. The molecule has 0 aliphatic carbocycles. The minimum absolute atomic E-state index is 0.0628. The molecule has 18 heavy (non-hydrogen) atoms. The van der Waals surface area contributed by atoms with Crippen molar-refractivity contribution >= 4 is 34.5 Å². The van der Waals surface area contributed by atoms with E-state index in [2.05, 4.69) is 4.98 Å². The third kappa shape index (κ3) is 1.72. The Labute approximate surface area is 112 Å². The zero-order valence-electron chi connectivity index (χ0n) is 9.64. The van der Waals surface area contributed by atoms with Crippen molar-refractivity contribution in [2.75, 3.05) is 0 Å². The zero-order chi connectivity index (χ0) is 12.7. The van der Waals surface area contributed by atoms with Crippen LogP contribution in [0.15, 0.2) is 40.5 Å². The highest BCUT2D eigenvalue weighted by Crippen LogP contribution is 2.26. The van der Waals surface area contributed by atoms with Gasteiger partial charge in [0.25, 0.3) is 5.56 Å². The van der Waals surface area contributed by atoms with Gasteiger partial charge in [-0.05, 0) is 41.4 Å². The summed E-state index contributed by atoms with van der Waals surface area (Å²) in [6, 6.07) is 9.86. The largest absolute Gasteiger partial charge is 0.332 e. The van der Waals surface area contributed by atoms with Crippen LogP contribution >= 0.6 is 23.6 Å². The fourth-order valence-electron chi connectivity index (χ4n) is 1.90. The highest BCUT2D eigenvalue weighted by Gasteiger charge is 2.05. The molecule has 0 spiro atoms. The lowest BCUT2D eigenvalue weighted by Crippen LogP contribution is -2.18. The van der Waals surface area contributed by atoms with Crippen LogP contribution in [0.2, 0.25) is 0 Å². The molecule has 3 nitrogen and oxygen atoms in total. The fourth-order valence-corrected chi connectivity index (χ4v) is 2.82. The molecular formula is C13H10N2OS2. The van der Waals surface area contributed by atoms with Crippen LogP contribution in [0.1, 0.15) is 0 Å². The SMILES string of the molecule is Cn1c(=S)[nH]c2ccc(-c3cccs3)cc2c1=O. The minimum atomic E-state index is -0.0628. The second-order valence-electron chi connectivity index (χ2n) is 4.03. The Morgan fingerprint density at radius 3 is 2.89 bits per heavy atom. The van der Waals surface area contributed by atoms with Gasteiger partial charge in [0.2, 0.25) is 0 Å². The average molecular weight is 274 g/mol. The first-order valence-corrected chi connectivity index (χ1v) is 6.72. The van der Waals surface area contributed by atoms with Gasteiger partial charge in [-0.1, -0.05) is 12.1 Å². The molecule has 90 valence electrons. The topological polar surface area (TPSA) is 37.8 Å². The van der Waals surface area contributed by atoms with E-state index in [1.54, 1.807) is 18.4 Å². The van der Waals surface area contributed by atoms with Crippen molar-refractivity contribution in [1.82, 2.24) is 9.55 Å². The molecule has 0 aliphatic heterocycles. The molecule has 1 N–H and O–H groups in total. The van der Waals surface area contributed by atoms with Crippen LogP contribution in [0, 0.1) is 4.77 Å². The van der Waals surface area contributed by atoms with Crippen molar-refractivity contribution in [3.8, 4) is 10.4 Å². The van der Waals surface area contributed by atoms with Crippen LogP contribution in [0.4, 0.5) is 0 Å². The summed E-state index contributed by atoms with van der Waals surface area (Å²) in [6.45, 7) is 0. The summed E-state index contributed by atoms with van der Waals surface area (Å²) in [6.07, 6.45) is 0. The second-order valence-corrected chi connectivity index (χ2v) is 5.37. The molecule has 3 aromatic rings. The first kappa shape index (κ1) is 11.4. The average Bonchev–Trinajstić information content (AvgIpc) is 2.90. The van der Waals surface area contributed by atoms with E-state index in [1.165, 1.54) is 4.57 Å². The van der Waals surface area contributed by atoms with E-state index < -0.39 is 0 Å². The van der Waals surface area contributed by atoms with E-state index in [-0.39, 0.29) is 5.56 Å². The summed E-state index contributed by atoms with van der Waals surface area (Å²) in [4.78, 5) is 16.4. The molecule has 5 heteroatoms. The normalized spacial score (nSPS) is 10.9. The van der Waals surface area contributed by atoms with Gasteiger partial charge in [-0.2, -0.15) is 0 Å². The first-order valence-electron chi connectivity index (χ1n) is 5.44. The lowest BCUT2D eigenvalue weighted by Gasteiger charge is -2.04. The first-order chi connectivity index (χ1) is 8.66. The summed E-state index contributed by atoms with van der Waals surface area (Å²) in [7, 11) is 1.68. The maximum Gasteiger partial charge on any atom is 0.261 e. The molecule has 1 aromatic carbocycles. The minimum Gasteiger partial charge on any atom is -0.332 e. The van der Waals surface area contributed by atoms with Gasteiger partial charge in [0.15, 0.2) is 4.77 Å². The number of hydrogen-bond donors (Lipinski definition) is 1. The van der Waals surface area contributed by atoms with E-state index >= 15 is 0 Å². The number of nitrogens with one attached hydrogen (secondary N) is 1. The number of aromatic nitrogens is 2. The van der Waals surface area contributed by atoms with Gasteiger partial charge in [0, 0.05) is 11.9 Å². The lowest BCUT2D eigenvalue weighted by molar-refractivity contribution is 0.824. The van der Waals surface area contributed by atoms with Crippen LogP contribution in [-0.2, 0) is 7.05 Å². The summed E-state index contributed by atoms with van der Waals surface area (Å²) >= 11 is 6.75. The summed E-state index contributed by atoms with van der Waals surface area (Å²) in [5, 5.41) is 2.69. The number of hydrogen-bond acceptors (Lipinski definition) is 3. The molecule has 2 aromatic heterocycles. The molecule has 2 heterocycles. The van der Waals surface area contributed by atoms with Crippen molar-refractivity contribution in [3.05, 3.63) is 50.8 Å². The van der Waals surface area contributed by atoms with Crippen LogP contribution in [0.3, 0.4) is 0 Å². The molecule has 3 rings (SSSR count). The Balaban J connectivity index is 2.37. The van der Waals surface area contributed by atoms with Gasteiger partial charge in [-0.3, -0.25) is 9.36 Å². The predicted molar refractivity (Wildman–Crippen MR) is 77.7 cm³/mol. The third-order valence-corrected chi connectivity index (χ3v) is 4.20. The lowest BCUT2D eigenvalue weighted by atomic mass is 10.1. The van der Waals surface area contributed by atoms with Gasteiger partial charge in [0.05, 0.1) is 10.9 Å². The predicted octanol–water partition coefficient (Wildman–Crippen LogP) is 3.32. The molecule has 0 fully saturated rings. The molecular weight excluding hydrogens is 264 g/mol. The van der Waals surface area contributed by atoms with Crippen LogP contribution in [0.5, 0.6) is 0 Å². The van der Waals surface area contributed by atoms with Crippen LogP contribution < -0.4 is 5.56 Å². The molecule has 0 amide bonds. The number of H-pyrrole nitrogens is 1. The van der Waals surface area contributed by atoms with Crippen molar-refractivity contribution in [2.45, 2.75) is 0 Å². The molecule has 0 aliphatic rings. The van der Waals surface area contributed by atoms with Gasteiger partial charge in [-0.15, -0.1) is 11.3 Å². The number of rotatable bonds is 1. The van der Waals surface area contributed by atoms with Gasteiger partial charge < -0.3 is 4.98 Å². The summed E-state index contributed by atoms with van der Waals surface area (Å²) < 4.78 is 1.90. The zero-order valence-corrected chi connectivity index (χ0v) is 11.3. The maximum atomic E-state index is 12.2. The molecule has 0 saturated heterocycles. The van der Waals surface area contributed by atoms with Crippen molar-refractivity contribution in [2.24, 2.45) is 7.05 Å².